The summed E-state index contributed by atoms with van der Waals surface area (Å²) in [5.74, 6) is 0.745. The van der Waals surface area contributed by atoms with E-state index in [0.29, 0.717) is 18.1 Å². The number of rotatable bonds is 5. The van der Waals surface area contributed by atoms with Crippen molar-refractivity contribution in [2.24, 2.45) is 0 Å². The van der Waals surface area contributed by atoms with Crippen LogP contribution in [0.1, 0.15) is 16.7 Å². The van der Waals surface area contributed by atoms with E-state index in [0.717, 1.165) is 38.6 Å². The predicted molar refractivity (Wildman–Crippen MR) is 107 cm³/mol. The number of fused-ring (bicyclic) bond motifs is 1. The molecular weight excluding hydrogens is 367 g/mol. The first-order valence-corrected chi connectivity index (χ1v) is 8.99. The van der Waals surface area contributed by atoms with Gasteiger partial charge in [-0.15, -0.1) is 0 Å². The van der Waals surface area contributed by atoms with Crippen molar-refractivity contribution in [2.45, 2.75) is 13.0 Å². The van der Waals surface area contributed by atoms with Crippen molar-refractivity contribution in [3.8, 4) is 0 Å². The third kappa shape index (κ3) is 3.66. The van der Waals surface area contributed by atoms with Crippen molar-refractivity contribution in [3.63, 3.8) is 0 Å². The van der Waals surface area contributed by atoms with Crippen LogP contribution in [0.4, 0.5) is 5.82 Å². The van der Waals surface area contributed by atoms with Crippen LogP contribution in [0, 0.1) is 0 Å². The first kappa shape index (κ1) is 16.9. The highest BCUT2D eigenvalue weighted by atomic mass is 35.5. The summed E-state index contributed by atoms with van der Waals surface area (Å²) in [7, 11) is 0. The van der Waals surface area contributed by atoms with Gasteiger partial charge in [-0.25, -0.2) is 9.97 Å². The largest absolute Gasteiger partial charge is 0.366 e. The molecule has 130 valence electrons. The molecule has 0 spiro atoms. The molecular formula is C20H16Cl2N4. The second-order valence-electron chi connectivity index (χ2n) is 6.02. The fraction of sp³-hybridized carbons (Fsp3) is 0.100. The lowest BCUT2D eigenvalue weighted by Crippen LogP contribution is -2.02. The molecule has 0 aliphatic heterocycles. The molecule has 0 radical (unpaired) electrons. The Morgan fingerprint density at radius 2 is 1.81 bits per heavy atom. The molecule has 26 heavy (non-hydrogen) atoms. The van der Waals surface area contributed by atoms with Gasteiger partial charge >= 0.3 is 0 Å². The Morgan fingerprint density at radius 1 is 0.962 bits per heavy atom. The SMILES string of the molecule is Clc1ccc(CNc2ccc(Cc3c[nH]c4ncccc34)c(Cl)n2)cc1. The Labute approximate surface area is 161 Å². The van der Waals surface area contributed by atoms with Gasteiger partial charge in [0.2, 0.25) is 0 Å². The standard InChI is InChI=1S/C20H16Cl2N4/c21-16-6-3-13(4-7-16)11-24-18-8-5-14(19(22)26-18)10-15-12-25-20-17(15)2-1-9-23-20/h1-9,12H,10-11H2,(H,23,25)(H,24,26). The number of nitrogens with zero attached hydrogens (tertiary/aromatic N) is 2. The summed E-state index contributed by atoms with van der Waals surface area (Å²) < 4.78 is 0. The van der Waals surface area contributed by atoms with Gasteiger partial charge in [-0.2, -0.15) is 0 Å². The van der Waals surface area contributed by atoms with E-state index in [1.165, 1.54) is 0 Å². The number of H-pyrrole nitrogens is 1. The maximum absolute atomic E-state index is 6.41. The second-order valence-corrected chi connectivity index (χ2v) is 6.81. The van der Waals surface area contributed by atoms with Crippen molar-refractivity contribution >= 4 is 40.1 Å². The fourth-order valence-corrected chi connectivity index (χ4v) is 3.20. The highest BCUT2D eigenvalue weighted by molar-refractivity contribution is 6.30. The zero-order valence-electron chi connectivity index (χ0n) is 13.8. The molecule has 3 heterocycles. The van der Waals surface area contributed by atoms with E-state index in [-0.39, 0.29) is 0 Å². The average Bonchev–Trinajstić information content (AvgIpc) is 3.06. The van der Waals surface area contributed by atoms with E-state index in [4.69, 9.17) is 23.2 Å². The lowest BCUT2D eigenvalue weighted by atomic mass is 10.1. The number of hydrogen-bond acceptors (Lipinski definition) is 3. The van der Waals surface area contributed by atoms with Crippen LogP contribution in [-0.2, 0) is 13.0 Å². The number of pyridine rings is 2. The first-order chi connectivity index (χ1) is 12.7. The Hall–Kier alpha value is -2.56. The monoisotopic (exact) mass is 382 g/mol. The van der Waals surface area contributed by atoms with Gasteiger partial charge in [-0.1, -0.05) is 41.4 Å². The minimum atomic E-state index is 0.504. The molecule has 0 saturated heterocycles. The molecule has 0 aliphatic carbocycles. The van der Waals surface area contributed by atoms with E-state index in [2.05, 4.69) is 26.3 Å². The lowest BCUT2D eigenvalue weighted by Gasteiger charge is -2.09. The summed E-state index contributed by atoms with van der Waals surface area (Å²) in [6, 6.07) is 15.7. The molecule has 3 aromatic heterocycles. The number of anilines is 1. The van der Waals surface area contributed by atoms with E-state index >= 15 is 0 Å². The molecule has 2 N–H and O–H groups in total. The number of benzene rings is 1. The number of hydrogen-bond donors (Lipinski definition) is 2. The average molecular weight is 383 g/mol. The molecule has 0 bridgehead atoms. The zero-order valence-corrected chi connectivity index (χ0v) is 15.3. The van der Waals surface area contributed by atoms with Crippen LogP contribution < -0.4 is 5.32 Å². The molecule has 0 atom stereocenters. The Balaban J connectivity index is 1.48. The molecule has 0 aliphatic rings. The molecule has 4 rings (SSSR count). The minimum absolute atomic E-state index is 0.504. The summed E-state index contributed by atoms with van der Waals surface area (Å²) in [4.78, 5) is 12.0. The van der Waals surface area contributed by atoms with Gasteiger partial charge < -0.3 is 10.3 Å². The number of aromatic amines is 1. The van der Waals surface area contributed by atoms with Gasteiger partial charge in [0.15, 0.2) is 0 Å². The quantitative estimate of drug-likeness (QED) is 0.450. The van der Waals surface area contributed by atoms with E-state index in [9.17, 15) is 0 Å². The van der Waals surface area contributed by atoms with E-state index in [1.54, 1.807) is 6.20 Å². The zero-order chi connectivity index (χ0) is 17.9. The summed E-state index contributed by atoms with van der Waals surface area (Å²) in [6.45, 7) is 0.661. The van der Waals surface area contributed by atoms with Crippen LogP contribution >= 0.6 is 23.2 Å². The van der Waals surface area contributed by atoms with Gasteiger partial charge in [0.25, 0.3) is 0 Å². The van der Waals surface area contributed by atoms with Crippen LogP contribution in [0.5, 0.6) is 0 Å². The van der Waals surface area contributed by atoms with Crippen LogP contribution in [0.3, 0.4) is 0 Å². The second kappa shape index (κ2) is 7.36. The van der Waals surface area contributed by atoms with Crippen LogP contribution in [0.15, 0.2) is 60.9 Å². The van der Waals surface area contributed by atoms with Crippen molar-refractivity contribution < 1.29 is 0 Å². The Morgan fingerprint density at radius 3 is 2.62 bits per heavy atom. The molecule has 4 nitrogen and oxygen atoms in total. The van der Waals surface area contributed by atoms with E-state index < -0.39 is 0 Å². The molecule has 0 saturated carbocycles. The topological polar surface area (TPSA) is 53.6 Å². The number of nitrogens with one attached hydrogen (secondary N) is 2. The normalized spacial score (nSPS) is 11.0. The molecule has 0 amide bonds. The third-order valence-electron chi connectivity index (χ3n) is 4.23. The van der Waals surface area contributed by atoms with Gasteiger partial charge in [-0.3, -0.25) is 0 Å². The number of aromatic nitrogens is 3. The van der Waals surface area contributed by atoms with Crippen molar-refractivity contribution in [1.29, 1.82) is 0 Å². The lowest BCUT2D eigenvalue weighted by molar-refractivity contribution is 1.09. The summed E-state index contributed by atoms with van der Waals surface area (Å²) in [5.41, 5.74) is 4.14. The van der Waals surface area contributed by atoms with Gasteiger partial charge in [0.05, 0.1) is 0 Å². The van der Waals surface area contributed by atoms with Crippen LogP contribution in [0.25, 0.3) is 11.0 Å². The summed E-state index contributed by atoms with van der Waals surface area (Å²) in [5, 5.41) is 5.62. The summed E-state index contributed by atoms with van der Waals surface area (Å²) >= 11 is 12.3. The Bertz CT molecular complexity index is 1040. The Kier molecular flexibility index (Phi) is 4.78. The van der Waals surface area contributed by atoms with Crippen LogP contribution in [-0.4, -0.2) is 15.0 Å². The minimum Gasteiger partial charge on any atom is -0.366 e. The fourth-order valence-electron chi connectivity index (χ4n) is 2.85. The van der Waals surface area contributed by atoms with Crippen molar-refractivity contribution in [3.05, 3.63) is 87.8 Å². The van der Waals surface area contributed by atoms with E-state index in [1.807, 2.05) is 48.7 Å². The highest BCUT2D eigenvalue weighted by Gasteiger charge is 2.09. The van der Waals surface area contributed by atoms with Crippen LogP contribution in [0.2, 0.25) is 10.2 Å². The van der Waals surface area contributed by atoms with Crippen molar-refractivity contribution in [2.75, 3.05) is 5.32 Å². The van der Waals surface area contributed by atoms with Gasteiger partial charge in [-0.05, 0) is 47.0 Å². The maximum Gasteiger partial charge on any atom is 0.137 e. The highest BCUT2D eigenvalue weighted by Crippen LogP contribution is 2.24. The summed E-state index contributed by atoms with van der Waals surface area (Å²) in [6.07, 6.45) is 4.45. The maximum atomic E-state index is 6.41. The first-order valence-electron chi connectivity index (χ1n) is 8.24. The third-order valence-corrected chi connectivity index (χ3v) is 4.81. The molecule has 0 fully saturated rings. The van der Waals surface area contributed by atoms with Crippen molar-refractivity contribution in [1.82, 2.24) is 15.0 Å². The molecule has 1 aromatic carbocycles. The molecule has 4 aromatic rings. The number of halogens is 2. The molecule has 6 heteroatoms. The van der Waals surface area contributed by atoms with Gasteiger partial charge in [0, 0.05) is 35.8 Å². The molecule has 0 unspecified atom stereocenters. The predicted octanol–water partition coefficient (Wildman–Crippen LogP) is 5.47. The van der Waals surface area contributed by atoms with Gasteiger partial charge in [0.1, 0.15) is 16.6 Å². The smallest absolute Gasteiger partial charge is 0.137 e.